The average molecular weight is 250 g/mol. The largest absolute Gasteiger partial charge is 0.474 e. The number of ether oxygens (including phenoxy) is 1. The summed E-state index contributed by atoms with van der Waals surface area (Å²) in [5.74, 6) is 0.0573. The molecule has 0 amide bonds. The molecule has 0 saturated heterocycles. The molecule has 0 aromatic carbocycles. The third kappa shape index (κ3) is 3.35. The Kier molecular flexibility index (Phi) is 3.93. The molecule has 0 saturated carbocycles. The molecule has 1 heterocycles. The maximum absolute atomic E-state index is 11.2. The van der Waals surface area contributed by atoms with Crippen molar-refractivity contribution in [3.05, 3.63) is 18.3 Å². The molecule has 1 rings (SSSR count). The summed E-state index contributed by atoms with van der Waals surface area (Å²) >= 11 is 0. The Balaban J connectivity index is 3.08. The van der Waals surface area contributed by atoms with Crippen molar-refractivity contribution in [3.63, 3.8) is 0 Å². The molecule has 1 aromatic rings. The minimum atomic E-state index is -3.80. The molecular weight excluding hydrogens is 238 g/mol. The molecule has 0 spiro atoms. The van der Waals surface area contributed by atoms with E-state index in [-0.39, 0.29) is 16.9 Å². The number of aromatic nitrogens is 1. The maximum atomic E-state index is 11.2. The Bertz CT molecular complexity index is 433. The van der Waals surface area contributed by atoms with Gasteiger partial charge in [0.1, 0.15) is 4.90 Å². The molecule has 0 N–H and O–H groups in total. The molecular formula is C9H12ClNO3S. The first-order valence-corrected chi connectivity index (χ1v) is 6.82. The fourth-order valence-corrected chi connectivity index (χ4v) is 1.83. The van der Waals surface area contributed by atoms with E-state index in [4.69, 9.17) is 15.4 Å². The van der Waals surface area contributed by atoms with Crippen molar-refractivity contribution in [2.45, 2.75) is 31.3 Å². The summed E-state index contributed by atoms with van der Waals surface area (Å²) in [5, 5.41) is 0. The monoisotopic (exact) mass is 249 g/mol. The fourth-order valence-electron chi connectivity index (χ4n) is 0.924. The Morgan fingerprint density at radius 1 is 1.60 bits per heavy atom. The van der Waals surface area contributed by atoms with Gasteiger partial charge < -0.3 is 4.74 Å². The van der Waals surface area contributed by atoms with Gasteiger partial charge in [0.05, 0.1) is 6.10 Å². The number of rotatable bonds is 4. The normalized spacial score (nSPS) is 13.5. The lowest BCUT2D eigenvalue weighted by Gasteiger charge is -2.12. The highest BCUT2D eigenvalue weighted by atomic mass is 35.7. The molecule has 1 unspecified atom stereocenters. The molecule has 0 aliphatic heterocycles. The van der Waals surface area contributed by atoms with Crippen molar-refractivity contribution in [1.82, 2.24) is 4.98 Å². The Hall–Kier alpha value is -0.810. The van der Waals surface area contributed by atoms with Crippen LogP contribution < -0.4 is 4.74 Å². The van der Waals surface area contributed by atoms with E-state index < -0.39 is 9.05 Å². The zero-order valence-electron chi connectivity index (χ0n) is 8.47. The third-order valence-electron chi connectivity index (χ3n) is 1.89. The molecule has 4 nitrogen and oxygen atoms in total. The number of nitrogens with zero attached hydrogens (tertiary/aromatic N) is 1. The van der Waals surface area contributed by atoms with Crippen LogP contribution in [0.5, 0.6) is 5.88 Å². The van der Waals surface area contributed by atoms with Gasteiger partial charge in [0.2, 0.25) is 5.88 Å². The lowest BCUT2D eigenvalue weighted by Crippen LogP contribution is -2.12. The third-order valence-corrected chi connectivity index (χ3v) is 3.22. The van der Waals surface area contributed by atoms with Crippen molar-refractivity contribution < 1.29 is 13.2 Å². The maximum Gasteiger partial charge on any atom is 0.266 e. The van der Waals surface area contributed by atoms with Gasteiger partial charge in [0, 0.05) is 16.9 Å². The first-order chi connectivity index (χ1) is 6.95. The topological polar surface area (TPSA) is 56.3 Å². The zero-order valence-corrected chi connectivity index (χ0v) is 10.0. The van der Waals surface area contributed by atoms with Crippen LogP contribution in [0, 0.1) is 0 Å². The minimum absolute atomic E-state index is 0.0573. The van der Waals surface area contributed by atoms with Gasteiger partial charge in [-0.1, -0.05) is 6.92 Å². The van der Waals surface area contributed by atoms with Gasteiger partial charge in [-0.2, -0.15) is 0 Å². The van der Waals surface area contributed by atoms with Gasteiger partial charge in [-0.25, -0.2) is 13.4 Å². The molecule has 0 aliphatic rings. The van der Waals surface area contributed by atoms with Crippen molar-refractivity contribution in [3.8, 4) is 5.88 Å². The van der Waals surface area contributed by atoms with Crippen LogP contribution >= 0.6 is 10.7 Å². The van der Waals surface area contributed by atoms with Crippen LogP contribution in [-0.4, -0.2) is 19.5 Å². The number of pyridine rings is 1. The molecule has 0 aliphatic carbocycles. The summed E-state index contributed by atoms with van der Waals surface area (Å²) < 4.78 is 27.7. The van der Waals surface area contributed by atoms with E-state index in [9.17, 15) is 8.42 Å². The van der Waals surface area contributed by atoms with E-state index in [1.165, 1.54) is 18.3 Å². The molecule has 1 atom stereocenters. The van der Waals surface area contributed by atoms with Crippen molar-refractivity contribution in [1.29, 1.82) is 0 Å². The summed E-state index contributed by atoms with van der Waals surface area (Å²) in [5.41, 5.74) is 0. The lowest BCUT2D eigenvalue weighted by molar-refractivity contribution is 0.202. The van der Waals surface area contributed by atoms with Crippen LogP contribution in [0.15, 0.2) is 23.2 Å². The quantitative estimate of drug-likeness (QED) is 0.768. The molecule has 84 valence electrons. The summed E-state index contributed by atoms with van der Waals surface area (Å²) in [6.45, 7) is 3.77. The Labute approximate surface area is 93.7 Å². The molecule has 6 heteroatoms. The van der Waals surface area contributed by atoms with Crippen molar-refractivity contribution >= 4 is 19.7 Å². The van der Waals surface area contributed by atoms with E-state index >= 15 is 0 Å². The predicted octanol–water partition coefficient (Wildman–Crippen LogP) is 2.19. The summed E-state index contributed by atoms with van der Waals surface area (Å²) in [6, 6.07) is 2.87. The minimum Gasteiger partial charge on any atom is -0.474 e. The number of hydrogen-bond acceptors (Lipinski definition) is 4. The second kappa shape index (κ2) is 4.81. The van der Waals surface area contributed by atoms with E-state index in [1.54, 1.807) is 0 Å². The van der Waals surface area contributed by atoms with Gasteiger partial charge in [-0.3, -0.25) is 0 Å². The summed E-state index contributed by atoms with van der Waals surface area (Å²) in [6.07, 6.45) is 2.12. The van der Waals surface area contributed by atoms with Crippen molar-refractivity contribution in [2.75, 3.05) is 0 Å². The van der Waals surface area contributed by atoms with Crippen LogP contribution in [0.3, 0.4) is 0 Å². The molecule has 0 fully saturated rings. The Morgan fingerprint density at radius 3 is 2.80 bits per heavy atom. The first kappa shape index (κ1) is 12.3. The molecule has 15 heavy (non-hydrogen) atoms. The van der Waals surface area contributed by atoms with Crippen LogP contribution in [0.4, 0.5) is 0 Å². The van der Waals surface area contributed by atoms with Crippen LogP contribution in [0.1, 0.15) is 20.3 Å². The van der Waals surface area contributed by atoms with E-state index in [1.807, 2.05) is 13.8 Å². The number of hydrogen-bond donors (Lipinski definition) is 0. The number of halogens is 1. The summed E-state index contributed by atoms with van der Waals surface area (Å²) in [7, 11) is 1.44. The van der Waals surface area contributed by atoms with Gasteiger partial charge in [-0.15, -0.1) is 0 Å². The zero-order chi connectivity index (χ0) is 11.5. The van der Waals surface area contributed by atoms with Crippen LogP contribution in [0.25, 0.3) is 0 Å². The highest BCUT2D eigenvalue weighted by molar-refractivity contribution is 8.13. The molecule has 0 radical (unpaired) electrons. The Morgan fingerprint density at radius 2 is 2.27 bits per heavy atom. The fraction of sp³-hybridized carbons (Fsp3) is 0.444. The highest BCUT2D eigenvalue weighted by Crippen LogP contribution is 2.25. The molecule has 0 bridgehead atoms. The first-order valence-electron chi connectivity index (χ1n) is 4.51. The van der Waals surface area contributed by atoms with E-state index in [0.29, 0.717) is 0 Å². The molecule has 1 aromatic heterocycles. The van der Waals surface area contributed by atoms with E-state index in [0.717, 1.165) is 6.42 Å². The summed E-state index contributed by atoms with van der Waals surface area (Å²) in [4.78, 5) is 3.76. The average Bonchev–Trinajstić information content (AvgIpc) is 2.17. The van der Waals surface area contributed by atoms with Gasteiger partial charge in [0.25, 0.3) is 9.05 Å². The smallest absolute Gasteiger partial charge is 0.266 e. The van der Waals surface area contributed by atoms with Gasteiger partial charge >= 0.3 is 0 Å². The van der Waals surface area contributed by atoms with Crippen LogP contribution in [-0.2, 0) is 9.05 Å². The van der Waals surface area contributed by atoms with Crippen molar-refractivity contribution in [2.24, 2.45) is 0 Å². The highest BCUT2D eigenvalue weighted by Gasteiger charge is 2.18. The lowest BCUT2D eigenvalue weighted by atomic mass is 10.3. The van der Waals surface area contributed by atoms with Gasteiger partial charge in [-0.05, 0) is 25.5 Å². The van der Waals surface area contributed by atoms with E-state index in [2.05, 4.69) is 4.98 Å². The second-order valence-electron chi connectivity index (χ2n) is 3.08. The second-order valence-corrected chi connectivity index (χ2v) is 5.62. The predicted molar refractivity (Wildman–Crippen MR) is 57.7 cm³/mol. The SMILES string of the molecule is CCC(C)Oc1ncccc1S(=O)(=O)Cl. The van der Waals surface area contributed by atoms with Gasteiger partial charge in [0.15, 0.2) is 0 Å². The van der Waals surface area contributed by atoms with Crippen LogP contribution in [0.2, 0.25) is 0 Å². The standard InChI is InChI=1S/C9H12ClNO3S/c1-3-7(2)14-9-8(15(10,12)13)5-4-6-11-9/h4-7H,3H2,1-2H3.